The lowest BCUT2D eigenvalue weighted by Crippen LogP contribution is -2.03. The summed E-state index contributed by atoms with van der Waals surface area (Å²) in [5.41, 5.74) is 10.4. The minimum absolute atomic E-state index is 0.671. The van der Waals surface area contributed by atoms with Crippen molar-refractivity contribution in [3.8, 4) is 0 Å². The highest BCUT2D eigenvalue weighted by Crippen LogP contribution is 2.27. The second-order valence-corrected chi connectivity index (χ2v) is 3.19. The molecule has 0 unspecified atom stereocenters. The predicted molar refractivity (Wildman–Crippen MR) is 54.8 cm³/mol. The third-order valence-electron chi connectivity index (χ3n) is 2.23. The minimum atomic E-state index is 0.671. The fraction of sp³-hybridized carbons (Fsp3) is 0.300. The van der Waals surface area contributed by atoms with Crippen molar-refractivity contribution in [2.45, 2.75) is 20.8 Å². The van der Waals surface area contributed by atoms with E-state index >= 15 is 0 Å². The van der Waals surface area contributed by atoms with E-state index in [0.717, 1.165) is 28.1 Å². The Bertz CT molecular complexity index is 345. The number of anilines is 2. The second kappa shape index (κ2) is 3.47. The normalized spacial score (nSPS) is 9.77. The molecule has 0 aromatic heterocycles. The Morgan fingerprint density at radius 1 is 1.31 bits per heavy atom. The first kappa shape index (κ1) is 9.58. The Kier molecular flexibility index (Phi) is 2.56. The van der Waals surface area contributed by atoms with E-state index in [1.165, 1.54) is 0 Å². The van der Waals surface area contributed by atoms with Crippen LogP contribution in [0, 0.1) is 20.8 Å². The maximum Gasteiger partial charge on any atom is 0.211 e. The SMILES string of the molecule is Cc1cc(C)c(NC=O)c(C)c1N. The van der Waals surface area contributed by atoms with Crippen molar-refractivity contribution < 1.29 is 4.79 Å². The van der Waals surface area contributed by atoms with E-state index in [-0.39, 0.29) is 0 Å². The number of carbonyl (C=O) groups is 1. The Hall–Kier alpha value is -1.51. The lowest BCUT2D eigenvalue weighted by Gasteiger charge is -2.12. The smallest absolute Gasteiger partial charge is 0.211 e. The summed E-state index contributed by atoms with van der Waals surface area (Å²) in [4.78, 5) is 10.3. The Morgan fingerprint density at radius 2 is 1.92 bits per heavy atom. The van der Waals surface area contributed by atoms with E-state index in [9.17, 15) is 4.79 Å². The van der Waals surface area contributed by atoms with Crippen LogP contribution < -0.4 is 11.1 Å². The van der Waals surface area contributed by atoms with Gasteiger partial charge in [-0.25, -0.2) is 0 Å². The van der Waals surface area contributed by atoms with Crippen molar-refractivity contribution in [2.24, 2.45) is 0 Å². The molecule has 70 valence electrons. The van der Waals surface area contributed by atoms with E-state index in [2.05, 4.69) is 5.32 Å². The van der Waals surface area contributed by atoms with Gasteiger partial charge in [0, 0.05) is 11.4 Å². The van der Waals surface area contributed by atoms with Gasteiger partial charge < -0.3 is 11.1 Å². The summed E-state index contributed by atoms with van der Waals surface area (Å²) < 4.78 is 0. The number of amides is 1. The van der Waals surface area contributed by atoms with Gasteiger partial charge in [-0.05, 0) is 37.5 Å². The molecule has 1 aromatic rings. The molecule has 0 aliphatic heterocycles. The second-order valence-electron chi connectivity index (χ2n) is 3.19. The highest BCUT2D eigenvalue weighted by atomic mass is 16.1. The van der Waals surface area contributed by atoms with Crippen molar-refractivity contribution in [1.82, 2.24) is 0 Å². The molecule has 3 heteroatoms. The number of benzene rings is 1. The summed E-state index contributed by atoms with van der Waals surface area (Å²) in [5, 5.41) is 2.65. The molecule has 0 heterocycles. The quantitative estimate of drug-likeness (QED) is 0.535. The summed E-state index contributed by atoms with van der Waals surface area (Å²) in [6.07, 6.45) is 0.671. The molecule has 0 saturated carbocycles. The van der Waals surface area contributed by atoms with Gasteiger partial charge >= 0.3 is 0 Å². The molecule has 1 amide bonds. The lowest BCUT2D eigenvalue weighted by atomic mass is 10.0. The number of nitrogens with two attached hydrogens (primary N) is 1. The van der Waals surface area contributed by atoms with Gasteiger partial charge in [0.05, 0.1) is 0 Å². The first-order chi connectivity index (χ1) is 6.07. The minimum Gasteiger partial charge on any atom is -0.398 e. The summed E-state index contributed by atoms with van der Waals surface area (Å²) in [6, 6.07) is 1.97. The molecule has 1 rings (SSSR count). The Labute approximate surface area is 77.9 Å². The average Bonchev–Trinajstić information content (AvgIpc) is 2.09. The molecular formula is C10H14N2O. The molecule has 13 heavy (non-hydrogen) atoms. The highest BCUT2D eigenvalue weighted by Gasteiger charge is 2.07. The number of rotatable bonds is 2. The van der Waals surface area contributed by atoms with Crippen molar-refractivity contribution in [3.63, 3.8) is 0 Å². The number of nitrogen functional groups attached to an aromatic ring is 1. The Balaban J connectivity index is 3.34. The third kappa shape index (κ3) is 1.64. The van der Waals surface area contributed by atoms with Gasteiger partial charge in [-0.15, -0.1) is 0 Å². The molecule has 3 nitrogen and oxygen atoms in total. The number of hydrogen-bond donors (Lipinski definition) is 2. The molecule has 3 N–H and O–H groups in total. The zero-order chi connectivity index (χ0) is 10.0. The van der Waals surface area contributed by atoms with Crippen LogP contribution in [0.25, 0.3) is 0 Å². The van der Waals surface area contributed by atoms with Crippen LogP contribution >= 0.6 is 0 Å². The molecule has 0 atom stereocenters. The van der Waals surface area contributed by atoms with Crippen molar-refractivity contribution in [2.75, 3.05) is 11.1 Å². The standard InChI is InChI=1S/C10H14N2O/c1-6-4-7(2)10(12-5-13)8(3)9(6)11/h4-5H,11H2,1-3H3,(H,12,13). The van der Waals surface area contributed by atoms with E-state index in [4.69, 9.17) is 5.73 Å². The first-order valence-electron chi connectivity index (χ1n) is 4.14. The van der Waals surface area contributed by atoms with Crippen LogP contribution in [0.3, 0.4) is 0 Å². The zero-order valence-corrected chi connectivity index (χ0v) is 8.14. The number of aryl methyl sites for hydroxylation is 2. The van der Waals surface area contributed by atoms with Gasteiger partial charge in [0.2, 0.25) is 6.41 Å². The molecule has 0 bridgehead atoms. The maximum absolute atomic E-state index is 10.3. The van der Waals surface area contributed by atoms with E-state index in [1.54, 1.807) is 0 Å². The van der Waals surface area contributed by atoms with Gasteiger partial charge in [0.1, 0.15) is 0 Å². The van der Waals surface area contributed by atoms with Crippen LogP contribution in [0.4, 0.5) is 11.4 Å². The molecule has 0 aliphatic rings. The fourth-order valence-electron chi connectivity index (χ4n) is 1.48. The molecule has 1 aromatic carbocycles. The Morgan fingerprint density at radius 3 is 2.46 bits per heavy atom. The molecule has 0 saturated heterocycles. The lowest BCUT2D eigenvalue weighted by molar-refractivity contribution is -0.105. The van der Waals surface area contributed by atoms with Crippen LogP contribution in [-0.2, 0) is 4.79 Å². The van der Waals surface area contributed by atoms with Crippen LogP contribution in [-0.4, -0.2) is 6.41 Å². The monoisotopic (exact) mass is 178 g/mol. The van der Waals surface area contributed by atoms with Crippen LogP contribution in [0.1, 0.15) is 16.7 Å². The highest BCUT2D eigenvalue weighted by molar-refractivity contribution is 5.80. The molecule has 0 fully saturated rings. The molecule has 0 aliphatic carbocycles. The summed E-state index contributed by atoms with van der Waals surface area (Å²) in [7, 11) is 0. The van der Waals surface area contributed by atoms with Gasteiger partial charge in [0.25, 0.3) is 0 Å². The number of carbonyl (C=O) groups excluding carboxylic acids is 1. The van der Waals surface area contributed by atoms with Crippen molar-refractivity contribution in [1.29, 1.82) is 0 Å². The third-order valence-corrected chi connectivity index (χ3v) is 2.23. The molecule has 0 radical (unpaired) electrons. The predicted octanol–water partition coefficient (Wildman–Crippen LogP) is 1.76. The van der Waals surface area contributed by atoms with E-state index in [0.29, 0.717) is 6.41 Å². The summed E-state index contributed by atoms with van der Waals surface area (Å²) in [6.45, 7) is 5.81. The summed E-state index contributed by atoms with van der Waals surface area (Å²) in [5.74, 6) is 0. The van der Waals surface area contributed by atoms with Gasteiger partial charge in [-0.3, -0.25) is 4.79 Å². The van der Waals surface area contributed by atoms with Gasteiger partial charge in [0.15, 0.2) is 0 Å². The zero-order valence-electron chi connectivity index (χ0n) is 8.14. The summed E-state index contributed by atoms with van der Waals surface area (Å²) >= 11 is 0. The maximum atomic E-state index is 10.3. The van der Waals surface area contributed by atoms with Crippen LogP contribution in [0.5, 0.6) is 0 Å². The van der Waals surface area contributed by atoms with Gasteiger partial charge in [-0.1, -0.05) is 6.07 Å². The fourth-order valence-corrected chi connectivity index (χ4v) is 1.48. The van der Waals surface area contributed by atoms with Crippen LogP contribution in [0.15, 0.2) is 6.07 Å². The largest absolute Gasteiger partial charge is 0.398 e. The molecule has 0 spiro atoms. The van der Waals surface area contributed by atoms with Crippen molar-refractivity contribution in [3.05, 3.63) is 22.8 Å². The first-order valence-corrected chi connectivity index (χ1v) is 4.14. The average molecular weight is 178 g/mol. The van der Waals surface area contributed by atoms with E-state index in [1.807, 2.05) is 26.8 Å². The van der Waals surface area contributed by atoms with Crippen molar-refractivity contribution >= 4 is 17.8 Å². The molecular weight excluding hydrogens is 164 g/mol. The topological polar surface area (TPSA) is 55.1 Å². The number of hydrogen-bond acceptors (Lipinski definition) is 2. The van der Waals surface area contributed by atoms with Crippen LogP contribution in [0.2, 0.25) is 0 Å². The van der Waals surface area contributed by atoms with E-state index < -0.39 is 0 Å². The number of nitrogens with one attached hydrogen (secondary N) is 1. The van der Waals surface area contributed by atoms with Gasteiger partial charge in [-0.2, -0.15) is 0 Å².